The van der Waals surface area contributed by atoms with Crippen molar-refractivity contribution >= 4 is 51.0 Å². The standard InChI is InChI=1S/C11H6BrCl2N3O/c12-6-4-15-11(16-5-6)17-10(18)8-3-7(13)1-2-9(8)14/h1-5H,(H,15,16,17,18). The summed E-state index contributed by atoms with van der Waals surface area (Å²) in [6.45, 7) is 0. The summed E-state index contributed by atoms with van der Waals surface area (Å²) in [7, 11) is 0. The Morgan fingerprint density at radius 1 is 1.22 bits per heavy atom. The molecule has 0 radical (unpaired) electrons. The number of benzene rings is 1. The number of carbonyl (C=O) groups is 1. The van der Waals surface area contributed by atoms with E-state index in [1.54, 1.807) is 12.1 Å². The average molecular weight is 347 g/mol. The molecule has 1 aromatic heterocycles. The Morgan fingerprint density at radius 2 is 1.89 bits per heavy atom. The highest BCUT2D eigenvalue weighted by Gasteiger charge is 2.12. The van der Waals surface area contributed by atoms with Crippen molar-refractivity contribution in [1.29, 1.82) is 0 Å². The van der Waals surface area contributed by atoms with Gasteiger partial charge in [-0.2, -0.15) is 0 Å². The van der Waals surface area contributed by atoms with Crippen LogP contribution in [0.1, 0.15) is 10.4 Å². The van der Waals surface area contributed by atoms with E-state index in [9.17, 15) is 4.79 Å². The van der Waals surface area contributed by atoms with Crippen molar-refractivity contribution in [3.63, 3.8) is 0 Å². The van der Waals surface area contributed by atoms with Gasteiger partial charge < -0.3 is 0 Å². The fourth-order valence-corrected chi connectivity index (χ4v) is 1.80. The average Bonchev–Trinajstić information content (AvgIpc) is 2.35. The summed E-state index contributed by atoms with van der Waals surface area (Å²) >= 11 is 14.9. The first-order valence-electron chi connectivity index (χ1n) is 4.80. The zero-order valence-corrected chi connectivity index (χ0v) is 11.9. The van der Waals surface area contributed by atoms with E-state index in [0.717, 1.165) is 4.47 Å². The normalized spacial score (nSPS) is 10.2. The number of carbonyl (C=O) groups excluding carboxylic acids is 1. The number of nitrogens with zero attached hydrogens (tertiary/aromatic N) is 2. The van der Waals surface area contributed by atoms with Crippen molar-refractivity contribution in [2.45, 2.75) is 0 Å². The lowest BCUT2D eigenvalue weighted by Gasteiger charge is -2.05. The molecule has 0 spiro atoms. The van der Waals surface area contributed by atoms with Gasteiger partial charge in [-0.15, -0.1) is 0 Å². The Bertz CT molecular complexity index is 589. The Morgan fingerprint density at radius 3 is 2.56 bits per heavy atom. The van der Waals surface area contributed by atoms with Crippen molar-refractivity contribution in [1.82, 2.24) is 9.97 Å². The second-order valence-corrected chi connectivity index (χ2v) is 5.06. The number of nitrogens with one attached hydrogen (secondary N) is 1. The molecule has 1 amide bonds. The van der Waals surface area contributed by atoms with E-state index < -0.39 is 5.91 Å². The monoisotopic (exact) mass is 345 g/mol. The van der Waals surface area contributed by atoms with Crippen LogP contribution in [0, 0.1) is 0 Å². The number of halogens is 3. The molecular formula is C11H6BrCl2N3O. The minimum atomic E-state index is -0.412. The van der Waals surface area contributed by atoms with Gasteiger partial charge in [0, 0.05) is 17.4 Å². The molecule has 0 saturated carbocycles. The van der Waals surface area contributed by atoms with Gasteiger partial charge in [-0.25, -0.2) is 9.97 Å². The minimum absolute atomic E-state index is 0.194. The molecule has 18 heavy (non-hydrogen) atoms. The van der Waals surface area contributed by atoms with Crippen LogP contribution < -0.4 is 5.32 Å². The third-order valence-corrected chi connectivity index (χ3v) is 2.99. The van der Waals surface area contributed by atoms with Crippen LogP contribution in [0.3, 0.4) is 0 Å². The largest absolute Gasteiger partial charge is 0.290 e. The third kappa shape index (κ3) is 3.19. The molecule has 0 fully saturated rings. The molecule has 0 aliphatic rings. The van der Waals surface area contributed by atoms with Crippen LogP contribution in [0.15, 0.2) is 35.1 Å². The minimum Gasteiger partial charge on any atom is -0.290 e. The van der Waals surface area contributed by atoms with Crippen LogP contribution in [0.2, 0.25) is 10.0 Å². The van der Waals surface area contributed by atoms with Crippen LogP contribution in [0.5, 0.6) is 0 Å². The van der Waals surface area contributed by atoms with Crippen molar-refractivity contribution < 1.29 is 4.79 Å². The van der Waals surface area contributed by atoms with Crippen LogP contribution >= 0.6 is 39.1 Å². The first kappa shape index (κ1) is 13.3. The first-order valence-corrected chi connectivity index (χ1v) is 6.35. The molecule has 4 nitrogen and oxygen atoms in total. The van der Waals surface area contributed by atoms with E-state index in [1.807, 2.05) is 0 Å². The second kappa shape index (κ2) is 5.65. The molecular weight excluding hydrogens is 341 g/mol. The summed E-state index contributed by atoms with van der Waals surface area (Å²) < 4.78 is 0.723. The second-order valence-electron chi connectivity index (χ2n) is 3.30. The van der Waals surface area contributed by atoms with E-state index in [2.05, 4.69) is 31.2 Å². The summed E-state index contributed by atoms with van der Waals surface area (Å²) in [5.74, 6) is -0.218. The van der Waals surface area contributed by atoms with Crippen molar-refractivity contribution in [2.75, 3.05) is 5.32 Å². The number of rotatable bonds is 2. The lowest BCUT2D eigenvalue weighted by molar-refractivity contribution is 0.102. The molecule has 7 heteroatoms. The molecule has 1 N–H and O–H groups in total. The molecule has 0 unspecified atom stereocenters. The summed E-state index contributed by atoms with van der Waals surface area (Å²) in [6.07, 6.45) is 3.06. The Labute approximate surface area is 121 Å². The molecule has 2 rings (SSSR count). The number of anilines is 1. The maximum absolute atomic E-state index is 11.9. The van der Waals surface area contributed by atoms with Gasteiger partial charge in [0.15, 0.2) is 0 Å². The fraction of sp³-hybridized carbons (Fsp3) is 0. The maximum Gasteiger partial charge on any atom is 0.259 e. The summed E-state index contributed by atoms with van der Waals surface area (Å²) in [5.41, 5.74) is 0.274. The van der Waals surface area contributed by atoms with Gasteiger partial charge in [-0.05, 0) is 34.1 Å². The van der Waals surface area contributed by atoms with Gasteiger partial charge in [0.25, 0.3) is 5.91 Å². The van der Waals surface area contributed by atoms with Crippen molar-refractivity contribution in [3.8, 4) is 0 Å². The number of amides is 1. The number of aromatic nitrogens is 2. The zero-order chi connectivity index (χ0) is 13.1. The Balaban J connectivity index is 2.21. The van der Waals surface area contributed by atoms with E-state index in [0.29, 0.717) is 10.0 Å². The number of hydrogen-bond acceptors (Lipinski definition) is 3. The first-order chi connectivity index (χ1) is 8.56. The van der Waals surface area contributed by atoms with Gasteiger partial charge in [0.1, 0.15) is 0 Å². The highest BCUT2D eigenvalue weighted by molar-refractivity contribution is 9.10. The third-order valence-electron chi connectivity index (χ3n) is 2.02. The molecule has 2 aromatic rings. The van der Waals surface area contributed by atoms with Gasteiger partial charge in [-0.1, -0.05) is 23.2 Å². The van der Waals surface area contributed by atoms with Gasteiger partial charge in [-0.3, -0.25) is 10.1 Å². The predicted molar refractivity (Wildman–Crippen MR) is 74.1 cm³/mol. The van der Waals surface area contributed by atoms with Crippen LogP contribution in [-0.4, -0.2) is 15.9 Å². The van der Waals surface area contributed by atoms with Crippen molar-refractivity contribution in [3.05, 3.63) is 50.7 Å². The van der Waals surface area contributed by atoms with E-state index in [1.165, 1.54) is 18.5 Å². The Kier molecular flexibility index (Phi) is 4.16. The van der Waals surface area contributed by atoms with Gasteiger partial charge in [0.05, 0.1) is 15.1 Å². The molecule has 1 aromatic carbocycles. The quantitative estimate of drug-likeness (QED) is 0.899. The fourth-order valence-electron chi connectivity index (χ4n) is 1.22. The molecule has 0 saturated heterocycles. The summed E-state index contributed by atoms with van der Waals surface area (Å²) in [6, 6.07) is 4.65. The molecule has 92 valence electrons. The van der Waals surface area contributed by atoms with Crippen LogP contribution in [-0.2, 0) is 0 Å². The molecule has 0 atom stereocenters. The van der Waals surface area contributed by atoms with Crippen LogP contribution in [0.25, 0.3) is 0 Å². The molecule has 0 aliphatic heterocycles. The lowest BCUT2D eigenvalue weighted by atomic mass is 10.2. The lowest BCUT2D eigenvalue weighted by Crippen LogP contribution is -2.14. The SMILES string of the molecule is O=C(Nc1ncc(Br)cn1)c1cc(Cl)ccc1Cl. The van der Waals surface area contributed by atoms with Gasteiger partial charge in [0.2, 0.25) is 5.95 Å². The zero-order valence-electron chi connectivity index (χ0n) is 8.82. The van der Waals surface area contributed by atoms with E-state index in [4.69, 9.17) is 23.2 Å². The Hall–Kier alpha value is -1.17. The summed E-state index contributed by atoms with van der Waals surface area (Å²) in [5, 5.41) is 3.27. The van der Waals surface area contributed by atoms with Crippen molar-refractivity contribution in [2.24, 2.45) is 0 Å². The smallest absolute Gasteiger partial charge is 0.259 e. The van der Waals surface area contributed by atoms with E-state index in [-0.39, 0.29) is 11.5 Å². The van der Waals surface area contributed by atoms with Gasteiger partial charge >= 0.3 is 0 Å². The molecule has 0 bridgehead atoms. The van der Waals surface area contributed by atoms with E-state index >= 15 is 0 Å². The topological polar surface area (TPSA) is 54.9 Å². The maximum atomic E-state index is 11.9. The summed E-state index contributed by atoms with van der Waals surface area (Å²) in [4.78, 5) is 19.8. The number of hydrogen-bond donors (Lipinski definition) is 1. The predicted octanol–water partition coefficient (Wildman–Crippen LogP) is 3.80. The molecule has 0 aliphatic carbocycles. The molecule has 1 heterocycles. The highest BCUT2D eigenvalue weighted by Crippen LogP contribution is 2.21. The van der Waals surface area contributed by atoms with Crippen LogP contribution in [0.4, 0.5) is 5.95 Å². The highest BCUT2D eigenvalue weighted by atomic mass is 79.9.